The fourth-order valence-corrected chi connectivity index (χ4v) is 3.29. The standard InChI is InChI=1S/C18H28N2O/c1-3-4-14-20(2)17(21)19-15-18(12-8-9-13-18)16-10-6-5-7-11-16/h5-7,10-11H,3-4,8-9,12-15H2,1-2H3,(H,19,21). The third-order valence-electron chi connectivity index (χ3n) is 4.72. The van der Waals surface area contributed by atoms with Gasteiger partial charge in [-0.25, -0.2) is 4.79 Å². The molecule has 2 amide bonds. The van der Waals surface area contributed by atoms with E-state index in [9.17, 15) is 4.79 Å². The maximum absolute atomic E-state index is 12.2. The zero-order valence-corrected chi connectivity index (χ0v) is 13.4. The highest BCUT2D eigenvalue weighted by molar-refractivity contribution is 5.74. The quantitative estimate of drug-likeness (QED) is 0.845. The average Bonchev–Trinajstić information content (AvgIpc) is 3.01. The number of nitrogens with zero attached hydrogens (tertiary/aromatic N) is 1. The van der Waals surface area contributed by atoms with Crippen LogP contribution in [0.5, 0.6) is 0 Å². The molecule has 116 valence electrons. The second-order valence-corrected chi connectivity index (χ2v) is 6.29. The van der Waals surface area contributed by atoms with E-state index in [1.807, 2.05) is 7.05 Å². The molecule has 0 aromatic heterocycles. The molecular weight excluding hydrogens is 260 g/mol. The van der Waals surface area contributed by atoms with Gasteiger partial charge in [0.15, 0.2) is 0 Å². The minimum atomic E-state index is 0.0608. The van der Waals surface area contributed by atoms with Gasteiger partial charge in [0.25, 0.3) is 0 Å². The monoisotopic (exact) mass is 288 g/mol. The number of carbonyl (C=O) groups is 1. The van der Waals surface area contributed by atoms with Crippen LogP contribution in [0.3, 0.4) is 0 Å². The van der Waals surface area contributed by atoms with Crippen molar-refractivity contribution in [2.24, 2.45) is 0 Å². The minimum Gasteiger partial charge on any atom is -0.337 e. The molecule has 0 aliphatic heterocycles. The van der Waals surface area contributed by atoms with Crippen LogP contribution in [0.4, 0.5) is 4.79 Å². The van der Waals surface area contributed by atoms with Crippen molar-refractivity contribution in [3.05, 3.63) is 35.9 Å². The summed E-state index contributed by atoms with van der Waals surface area (Å²) in [5.41, 5.74) is 1.52. The first-order chi connectivity index (χ1) is 10.2. The third kappa shape index (κ3) is 3.99. The normalized spacial score (nSPS) is 16.7. The van der Waals surface area contributed by atoms with E-state index in [0.717, 1.165) is 25.9 Å². The molecule has 0 spiro atoms. The van der Waals surface area contributed by atoms with Crippen LogP contribution in [0.2, 0.25) is 0 Å². The molecule has 1 aromatic rings. The van der Waals surface area contributed by atoms with E-state index >= 15 is 0 Å². The molecule has 1 aromatic carbocycles. The van der Waals surface area contributed by atoms with Crippen LogP contribution < -0.4 is 5.32 Å². The molecule has 3 heteroatoms. The SMILES string of the molecule is CCCCN(C)C(=O)NCC1(c2ccccc2)CCCC1. The largest absolute Gasteiger partial charge is 0.337 e. The summed E-state index contributed by atoms with van der Waals surface area (Å²) in [6.07, 6.45) is 7.05. The van der Waals surface area contributed by atoms with Crippen molar-refractivity contribution in [1.29, 1.82) is 0 Å². The second-order valence-electron chi connectivity index (χ2n) is 6.29. The topological polar surface area (TPSA) is 32.3 Å². The maximum Gasteiger partial charge on any atom is 0.317 e. The van der Waals surface area contributed by atoms with E-state index in [2.05, 4.69) is 42.6 Å². The molecule has 21 heavy (non-hydrogen) atoms. The van der Waals surface area contributed by atoms with Crippen molar-refractivity contribution in [2.75, 3.05) is 20.1 Å². The van der Waals surface area contributed by atoms with Crippen molar-refractivity contribution in [2.45, 2.75) is 50.9 Å². The van der Waals surface area contributed by atoms with Gasteiger partial charge in [-0.15, -0.1) is 0 Å². The molecule has 1 saturated carbocycles. The molecule has 1 aliphatic carbocycles. The molecule has 0 radical (unpaired) electrons. The van der Waals surface area contributed by atoms with Gasteiger partial charge < -0.3 is 10.2 Å². The van der Waals surface area contributed by atoms with Gasteiger partial charge in [0.05, 0.1) is 0 Å². The Morgan fingerprint density at radius 2 is 1.90 bits per heavy atom. The van der Waals surface area contributed by atoms with E-state index in [1.54, 1.807) is 4.90 Å². The number of hydrogen-bond acceptors (Lipinski definition) is 1. The number of hydrogen-bond donors (Lipinski definition) is 1. The number of nitrogens with one attached hydrogen (secondary N) is 1. The Morgan fingerprint density at radius 1 is 1.24 bits per heavy atom. The average molecular weight is 288 g/mol. The van der Waals surface area contributed by atoms with E-state index in [4.69, 9.17) is 0 Å². The Labute approximate surface area is 128 Å². The van der Waals surface area contributed by atoms with Crippen molar-refractivity contribution in [3.8, 4) is 0 Å². The molecule has 1 N–H and O–H groups in total. The number of carbonyl (C=O) groups excluding carboxylic acids is 1. The number of amides is 2. The number of rotatable bonds is 6. The molecule has 1 fully saturated rings. The number of urea groups is 1. The zero-order chi connectivity index (χ0) is 15.1. The second kappa shape index (κ2) is 7.48. The lowest BCUT2D eigenvalue weighted by atomic mass is 9.79. The van der Waals surface area contributed by atoms with Crippen LogP contribution in [-0.4, -0.2) is 31.1 Å². The Bertz CT molecular complexity index is 438. The lowest BCUT2D eigenvalue weighted by Crippen LogP contribution is -2.44. The lowest BCUT2D eigenvalue weighted by molar-refractivity contribution is 0.204. The van der Waals surface area contributed by atoms with Gasteiger partial charge >= 0.3 is 6.03 Å². The predicted molar refractivity (Wildman–Crippen MR) is 87.5 cm³/mol. The highest BCUT2D eigenvalue weighted by Crippen LogP contribution is 2.40. The van der Waals surface area contributed by atoms with Gasteiger partial charge in [-0.05, 0) is 24.8 Å². The summed E-state index contributed by atoms with van der Waals surface area (Å²) < 4.78 is 0. The Balaban J connectivity index is 1.97. The van der Waals surface area contributed by atoms with Gasteiger partial charge in [-0.1, -0.05) is 56.5 Å². The molecule has 3 nitrogen and oxygen atoms in total. The summed E-state index contributed by atoms with van der Waals surface area (Å²) >= 11 is 0. The number of unbranched alkanes of at least 4 members (excludes halogenated alkanes) is 1. The van der Waals surface area contributed by atoms with Crippen LogP contribution in [0.1, 0.15) is 51.0 Å². The Hall–Kier alpha value is -1.51. The van der Waals surface area contributed by atoms with Gasteiger partial charge in [0.1, 0.15) is 0 Å². The summed E-state index contributed by atoms with van der Waals surface area (Å²) in [6.45, 7) is 3.74. The maximum atomic E-state index is 12.2. The van der Waals surface area contributed by atoms with Crippen LogP contribution >= 0.6 is 0 Å². The van der Waals surface area contributed by atoms with Crippen molar-refractivity contribution in [1.82, 2.24) is 10.2 Å². The van der Waals surface area contributed by atoms with E-state index < -0.39 is 0 Å². The van der Waals surface area contributed by atoms with Crippen LogP contribution in [0.25, 0.3) is 0 Å². The molecule has 2 rings (SSSR count). The van der Waals surface area contributed by atoms with E-state index in [-0.39, 0.29) is 11.4 Å². The van der Waals surface area contributed by atoms with Crippen molar-refractivity contribution >= 4 is 6.03 Å². The molecule has 1 aliphatic rings. The summed E-state index contributed by atoms with van der Waals surface area (Å²) in [5, 5.41) is 3.16. The summed E-state index contributed by atoms with van der Waals surface area (Å²) in [6, 6.07) is 10.7. The molecule has 0 unspecified atom stereocenters. The molecule has 0 heterocycles. The minimum absolute atomic E-state index is 0.0608. The van der Waals surface area contributed by atoms with Gasteiger partial charge in [-0.2, -0.15) is 0 Å². The summed E-state index contributed by atoms with van der Waals surface area (Å²) in [4.78, 5) is 14.0. The number of benzene rings is 1. The summed E-state index contributed by atoms with van der Waals surface area (Å²) in [7, 11) is 1.88. The van der Waals surface area contributed by atoms with Crippen LogP contribution in [-0.2, 0) is 5.41 Å². The third-order valence-corrected chi connectivity index (χ3v) is 4.72. The van der Waals surface area contributed by atoms with Crippen molar-refractivity contribution in [3.63, 3.8) is 0 Å². The predicted octanol–water partition coefficient (Wildman–Crippen LogP) is 3.94. The lowest BCUT2D eigenvalue weighted by Gasteiger charge is -2.31. The van der Waals surface area contributed by atoms with Crippen LogP contribution in [0.15, 0.2) is 30.3 Å². The van der Waals surface area contributed by atoms with Crippen molar-refractivity contribution < 1.29 is 4.79 Å². The molecule has 0 atom stereocenters. The van der Waals surface area contributed by atoms with Gasteiger partial charge in [-0.3, -0.25) is 0 Å². The fourth-order valence-electron chi connectivity index (χ4n) is 3.29. The molecule has 0 saturated heterocycles. The Kier molecular flexibility index (Phi) is 5.66. The highest BCUT2D eigenvalue weighted by atomic mass is 16.2. The van der Waals surface area contributed by atoms with E-state index in [0.29, 0.717) is 0 Å². The summed E-state index contributed by atoms with van der Waals surface area (Å²) in [5.74, 6) is 0. The first-order valence-corrected chi connectivity index (χ1v) is 8.22. The van der Waals surface area contributed by atoms with Crippen LogP contribution in [0, 0.1) is 0 Å². The molecular formula is C18H28N2O. The Morgan fingerprint density at radius 3 is 2.52 bits per heavy atom. The first-order valence-electron chi connectivity index (χ1n) is 8.22. The molecule has 0 bridgehead atoms. The van der Waals surface area contributed by atoms with E-state index in [1.165, 1.54) is 31.2 Å². The highest BCUT2D eigenvalue weighted by Gasteiger charge is 2.35. The van der Waals surface area contributed by atoms with Gasteiger partial charge in [0.2, 0.25) is 0 Å². The zero-order valence-electron chi connectivity index (χ0n) is 13.4. The first kappa shape index (κ1) is 15.9. The smallest absolute Gasteiger partial charge is 0.317 e. The van der Waals surface area contributed by atoms with Gasteiger partial charge in [0, 0.05) is 25.6 Å². The fraction of sp³-hybridized carbons (Fsp3) is 0.611.